The summed E-state index contributed by atoms with van der Waals surface area (Å²) in [6, 6.07) is 6.55. The topological polar surface area (TPSA) is 245 Å². The first kappa shape index (κ1) is 41.9. The first-order valence-corrected chi connectivity index (χ1v) is 23.9. The van der Waals surface area contributed by atoms with Crippen LogP contribution < -0.4 is 19.9 Å². The SMILES string of the molecule is N#COc1c2c(cc3c1CCC3)CCC2.NS(=O)(=O)c1ccn(C2(CO)CCC2)n1.O=C(Nc1c2c(cc3c1CCC3)CCC2)NS(=O)(=O)c1ccn(C2(CO)CCC2)n1. The molecule has 2 fully saturated rings. The lowest BCUT2D eigenvalue weighted by atomic mass is 9.77. The molecule has 4 aromatic rings. The van der Waals surface area contributed by atoms with Gasteiger partial charge in [-0.3, -0.25) is 9.36 Å². The zero-order chi connectivity index (χ0) is 42.3. The molecule has 2 aromatic carbocycles. The number of aryl methyl sites for hydroxylation is 4. The minimum atomic E-state index is -4.12. The van der Waals surface area contributed by atoms with Gasteiger partial charge in [0, 0.05) is 18.1 Å². The summed E-state index contributed by atoms with van der Waals surface area (Å²) < 4.78 is 57.8. The van der Waals surface area contributed by atoms with Crippen molar-refractivity contribution >= 4 is 31.8 Å². The molecule has 10 rings (SSSR count). The Kier molecular flexibility index (Phi) is 11.6. The number of nitriles is 1. The molecule has 0 spiro atoms. The molecule has 0 unspecified atom stereocenters. The van der Waals surface area contributed by atoms with Gasteiger partial charge in [-0.15, -0.1) is 5.26 Å². The minimum absolute atomic E-state index is 0.0290. The van der Waals surface area contributed by atoms with E-state index >= 15 is 0 Å². The Hall–Kier alpha value is -4.80. The number of hydrogen-bond acceptors (Lipinski definition) is 11. The lowest BCUT2D eigenvalue weighted by Gasteiger charge is -2.40. The number of ether oxygens (including phenoxy) is 1. The van der Waals surface area contributed by atoms with Gasteiger partial charge in [0.15, 0.2) is 10.1 Å². The highest BCUT2D eigenvalue weighted by molar-refractivity contribution is 7.90. The second kappa shape index (κ2) is 16.6. The average Bonchev–Trinajstić information content (AvgIpc) is 4.03. The van der Waals surface area contributed by atoms with Crippen LogP contribution in [-0.2, 0) is 82.5 Å². The fraction of sp³-hybridized carbons (Fsp3) is 0.524. The lowest BCUT2D eigenvalue weighted by Crippen LogP contribution is -2.44. The average molecular weight is 861 g/mol. The van der Waals surface area contributed by atoms with Crippen molar-refractivity contribution in [1.82, 2.24) is 24.3 Å². The van der Waals surface area contributed by atoms with Crippen molar-refractivity contribution < 1.29 is 36.6 Å². The number of aliphatic hydroxyl groups is 2. The normalized spacial score (nSPS) is 18.8. The number of hydrogen-bond donors (Lipinski definition) is 5. The van der Waals surface area contributed by atoms with Gasteiger partial charge in [0.05, 0.1) is 24.3 Å². The number of nitrogens with one attached hydrogen (secondary N) is 2. The molecule has 320 valence electrons. The predicted octanol–water partition coefficient (Wildman–Crippen LogP) is 4.17. The van der Waals surface area contributed by atoms with Gasteiger partial charge in [0.1, 0.15) is 5.75 Å². The zero-order valence-electron chi connectivity index (χ0n) is 33.6. The molecule has 6 aliphatic carbocycles. The van der Waals surface area contributed by atoms with Crippen LogP contribution in [0.4, 0.5) is 10.5 Å². The molecule has 0 bridgehead atoms. The smallest absolute Gasteiger partial charge is 0.333 e. The summed E-state index contributed by atoms with van der Waals surface area (Å²) in [4.78, 5) is 12.7. The fourth-order valence-corrected chi connectivity index (χ4v) is 11.0. The Bertz CT molecular complexity index is 2490. The van der Waals surface area contributed by atoms with Crippen molar-refractivity contribution in [2.45, 2.75) is 137 Å². The highest BCUT2D eigenvalue weighted by Crippen LogP contribution is 2.42. The molecule has 0 radical (unpaired) electrons. The van der Waals surface area contributed by atoms with E-state index in [1.165, 1.54) is 67.7 Å². The van der Waals surface area contributed by atoms with Gasteiger partial charge in [-0.1, -0.05) is 12.1 Å². The van der Waals surface area contributed by atoms with E-state index in [2.05, 4.69) is 32.4 Å². The second-order valence-electron chi connectivity index (χ2n) is 16.9. The third kappa shape index (κ3) is 7.93. The van der Waals surface area contributed by atoms with Crippen LogP contribution >= 0.6 is 0 Å². The molecule has 0 aliphatic heterocycles. The quantitative estimate of drug-likeness (QED) is 0.150. The van der Waals surface area contributed by atoms with Crippen LogP contribution in [0.1, 0.15) is 109 Å². The molecule has 6 aliphatic rings. The standard InChI is InChI=1S/C21H26N4O4S.C13H13NO.C8H13N3O3S/c26-13-21(9-3-10-21)25-11-8-18(23-25)30(28,29)24-20(27)22-19-16-6-1-4-14(16)12-15-5-2-7-17(15)19;14-8-15-13-11-5-1-3-9(11)7-10-4-2-6-12(10)13;9-15(13,14)7-2-5-11(10-7)8(6-12)3-1-4-8/h8,11-12,26H,1-7,9-10,13H2,(H2,22,24,27);7H,1-6H2;2,5,12H,1,3-4,6H2,(H2,9,13,14). The number of primary sulfonamides is 1. The van der Waals surface area contributed by atoms with Crippen molar-refractivity contribution in [2.24, 2.45) is 5.14 Å². The number of benzene rings is 2. The van der Waals surface area contributed by atoms with Crippen LogP contribution in [0, 0.1) is 11.5 Å². The van der Waals surface area contributed by atoms with Gasteiger partial charge < -0.3 is 20.3 Å². The van der Waals surface area contributed by atoms with E-state index in [4.69, 9.17) is 15.1 Å². The van der Waals surface area contributed by atoms with Gasteiger partial charge >= 0.3 is 6.03 Å². The Labute approximate surface area is 350 Å². The maximum absolute atomic E-state index is 12.7. The number of anilines is 1. The van der Waals surface area contributed by atoms with Crippen LogP contribution in [0.15, 0.2) is 46.7 Å². The summed E-state index contributed by atoms with van der Waals surface area (Å²) >= 11 is 0. The van der Waals surface area contributed by atoms with E-state index < -0.39 is 37.2 Å². The van der Waals surface area contributed by atoms with Gasteiger partial charge in [0.25, 0.3) is 26.3 Å². The largest absolute Gasteiger partial charge is 0.394 e. The molecule has 0 atom stereocenters. The van der Waals surface area contributed by atoms with E-state index in [0.29, 0.717) is 0 Å². The third-order valence-electron chi connectivity index (χ3n) is 13.3. The number of urea groups is 1. The van der Waals surface area contributed by atoms with Crippen molar-refractivity contribution in [2.75, 3.05) is 18.5 Å². The number of nitrogens with zero attached hydrogens (tertiary/aromatic N) is 5. The van der Waals surface area contributed by atoms with Crippen LogP contribution in [0.25, 0.3) is 0 Å². The zero-order valence-corrected chi connectivity index (χ0v) is 35.2. The maximum Gasteiger partial charge on any atom is 0.333 e. The molecule has 16 nitrogen and oxygen atoms in total. The van der Waals surface area contributed by atoms with Crippen molar-refractivity contribution in [3.63, 3.8) is 0 Å². The van der Waals surface area contributed by atoms with Crippen molar-refractivity contribution in [3.05, 3.63) is 81.2 Å². The van der Waals surface area contributed by atoms with Crippen LogP contribution in [-0.4, -0.2) is 65.9 Å². The monoisotopic (exact) mass is 860 g/mol. The number of carbonyl (C=O) groups is 1. The Balaban J connectivity index is 0.000000139. The predicted molar refractivity (Wildman–Crippen MR) is 220 cm³/mol. The van der Waals surface area contributed by atoms with Crippen molar-refractivity contribution in [1.29, 1.82) is 5.26 Å². The van der Waals surface area contributed by atoms with Crippen LogP contribution in [0.2, 0.25) is 0 Å². The molecule has 2 amide bonds. The molecule has 60 heavy (non-hydrogen) atoms. The van der Waals surface area contributed by atoms with E-state index in [1.54, 1.807) is 12.4 Å². The van der Waals surface area contributed by atoms with E-state index in [0.717, 1.165) is 125 Å². The Morgan fingerprint density at radius 1 is 0.717 bits per heavy atom. The first-order chi connectivity index (χ1) is 28.8. The summed E-state index contributed by atoms with van der Waals surface area (Å²) in [7, 11) is -7.86. The highest BCUT2D eigenvalue weighted by atomic mass is 32.2. The number of fused-ring (bicyclic) bond motifs is 4. The number of amides is 2. The molecule has 2 heterocycles. The Morgan fingerprint density at radius 2 is 1.15 bits per heavy atom. The molecule has 2 aromatic heterocycles. The lowest BCUT2D eigenvalue weighted by molar-refractivity contribution is 0.0427. The molecule has 2 saturated carbocycles. The summed E-state index contributed by atoms with van der Waals surface area (Å²) in [6.45, 7) is -0.120. The van der Waals surface area contributed by atoms with Crippen LogP contribution in [0.5, 0.6) is 5.75 Å². The highest BCUT2D eigenvalue weighted by Gasteiger charge is 2.41. The summed E-state index contributed by atoms with van der Waals surface area (Å²) in [6.07, 6.45) is 22.9. The number of aliphatic hydroxyl groups excluding tert-OH is 2. The maximum atomic E-state index is 12.7. The molecule has 6 N–H and O–H groups in total. The number of rotatable bonds is 9. The number of carbonyl (C=O) groups excluding carboxylic acids is 1. The molecule has 18 heteroatoms. The van der Waals surface area contributed by atoms with E-state index in [-0.39, 0.29) is 23.3 Å². The number of aromatic nitrogens is 4. The number of nitrogens with two attached hydrogens (primary N) is 1. The minimum Gasteiger partial charge on any atom is -0.394 e. The second-order valence-corrected chi connectivity index (χ2v) is 20.0. The first-order valence-electron chi connectivity index (χ1n) is 20.9. The summed E-state index contributed by atoms with van der Waals surface area (Å²) in [5.74, 6) is 0.903. The van der Waals surface area contributed by atoms with Gasteiger partial charge in [-0.2, -0.15) is 18.6 Å². The number of sulfonamides is 2. The van der Waals surface area contributed by atoms with E-state index in [9.17, 15) is 31.8 Å². The Morgan fingerprint density at radius 3 is 1.55 bits per heavy atom. The van der Waals surface area contributed by atoms with Gasteiger partial charge in [0.2, 0.25) is 0 Å². The fourth-order valence-electron chi connectivity index (χ4n) is 9.74. The van der Waals surface area contributed by atoms with Gasteiger partial charge in [-0.05, 0) is 172 Å². The summed E-state index contributed by atoms with van der Waals surface area (Å²) in [5.41, 5.74) is 10.1. The molecular weight excluding hydrogens is 809 g/mol. The van der Waals surface area contributed by atoms with Crippen LogP contribution in [0.3, 0.4) is 0 Å². The van der Waals surface area contributed by atoms with Gasteiger partial charge in [-0.25, -0.2) is 23.1 Å². The summed E-state index contributed by atoms with van der Waals surface area (Å²) in [5, 5.41) is 43.1. The molecular formula is C42H52N8O8S2. The van der Waals surface area contributed by atoms with Crippen molar-refractivity contribution in [3.8, 4) is 12.0 Å². The molecule has 0 saturated heterocycles. The van der Waals surface area contributed by atoms with E-state index in [1.807, 2.05) is 6.26 Å². The third-order valence-corrected chi connectivity index (χ3v) is 15.4.